The van der Waals surface area contributed by atoms with Crippen LogP contribution in [0.4, 0.5) is 5.69 Å². The number of nitrogens with two attached hydrogens (primary N) is 1. The van der Waals surface area contributed by atoms with Crippen LogP contribution in [0.3, 0.4) is 0 Å². The molecule has 4 heteroatoms. The molecule has 1 aliphatic heterocycles. The maximum atomic E-state index is 6.32. The molecule has 0 atom stereocenters. The van der Waals surface area contributed by atoms with Crippen molar-refractivity contribution in [1.82, 2.24) is 4.90 Å². The van der Waals surface area contributed by atoms with Crippen molar-refractivity contribution in [3.05, 3.63) is 28.8 Å². The predicted octanol–water partition coefficient (Wildman–Crippen LogP) is 2.37. The van der Waals surface area contributed by atoms with Gasteiger partial charge < -0.3 is 15.5 Å². The zero-order valence-corrected chi connectivity index (χ0v) is 12.7. The van der Waals surface area contributed by atoms with E-state index in [0.29, 0.717) is 12.6 Å². The van der Waals surface area contributed by atoms with Gasteiger partial charge in [-0.05, 0) is 57.6 Å². The second-order valence-electron chi connectivity index (χ2n) is 5.46. The molecule has 0 aromatic heterocycles. The van der Waals surface area contributed by atoms with E-state index in [4.69, 9.17) is 17.3 Å². The smallest absolute Gasteiger partial charge is 0.0459 e. The van der Waals surface area contributed by atoms with Crippen molar-refractivity contribution in [2.45, 2.75) is 25.3 Å². The fourth-order valence-electron chi connectivity index (χ4n) is 2.86. The van der Waals surface area contributed by atoms with Crippen LogP contribution >= 0.6 is 11.6 Å². The second kappa shape index (κ2) is 6.60. The van der Waals surface area contributed by atoms with Crippen LogP contribution in [0, 0.1) is 0 Å². The Labute approximate surface area is 121 Å². The number of piperidine rings is 1. The molecule has 0 bridgehead atoms. The summed E-state index contributed by atoms with van der Waals surface area (Å²) >= 11 is 6.32. The van der Waals surface area contributed by atoms with Crippen LogP contribution < -0.4 is 10.6 Å². The topological polar surface area (TPSA) is 32.5 Å². The van der Waals surface area contributed by atoms with Crippen LogP contribution in [-0.2, 0) is 6.42 Å². The summed E-state index contributed by atoms with van der Waals surface area (Å²) in [5, 5.41) is 0.845. The Bertz CT molecular complexity index is 412. The monoisotopic (exact) mass is 281 g/mol. The molecular weight excluding hydrogens is 258 g/mol. The van der Waals surface area contributed by atoms with E-state index in [1.165, 1.54) is 24.1 Å². The second-order valence-corrected chi connectivity index (χ2v) is 5.87. The van der Waals surface area contributed by atoms with E-state index in [1.54, 1.807) is 0 Å². The van der Waals surface area contributed by atoms with Gasteiger partial charge in [0.15, 0.2) is 0 Å². The largest absolute Gasteiger partial charge is 0.371 e. The van der Waals surface area contributed by atoms with E-state index in [0.717, 1.165) is 24.5 Å². The van der Waals surface area contributed by atoms with Gasteiger partial charge in [0.25, 0.3) is 0 Å². The van der Waals surface area contributed by atoms with E-state index >= 15 is 0 Å². The molecule has 19 heavy (non-hydrogen) atoms. The zero-order valence-electron chi connectivity index (χ0n) is 11.9. The molecular formula is C15H24ClN3. The number of halogens is 1. The first-order valence-corrected chi connectivity index (χ1v) is 7.40. The summed E-state index contributed by atoms with van der Waals surface area (Å²) in [6.07, 6.45) is 3.27. The van der Waals surface area contributed by atoms with Crippen molar-refractivity contribution in [2.75, 3.05) is 38.6 Å². The lowest BCUT2D eigenvalue weighted by Crippen LogP contribution is -2.42. The number of hydrogen-bond acceptors (Lipinski definition) is 3. The maximum absolute atomic E-state index is 6.32. The van der Waals surface area contributed by atoms with Crippen molar-refractivity contribution >= 4 is 17.3 Å². The fourth-order valence-corrected chi connectivity index (χ4v) is 3.12. The van der Waals surface area contributed by atoms with Crippen LogP contribution in [0.25, 0.3) is 0 Å². The van der Waals surface area contributed by atoms with Crippen molar-refractivity contribution in [2.24, 2.45) is 5.73 Å². The third kappa shape index (κ3) is 3.41. The maximum Gasteiger partial charge on any atom is 0.0459 e. The van der Waals surface area contributed by atoms with Crippen LogP contribution in [0.15, 0.2) is 18.2 Å². The van der Waals surface area contributed by atoms with Gasteiger partial charge in [0.05, 0.1) is 0 Å². The summed E-state index contributed by atoms with van der Waals surface area (Å²) in [6, 6.07) is 6.87. The van der Waals surface area contributed by atoms with E-state index in [1.807, 2.05) is 12.1 Å². The standard InChI is InChI=1S/C15H24ClN3/c1-18(2)12-7-10-19(11-8-12)15-5-3-4-14(16)13(15)6-9-17/h3-5,12H,6-11,17H2,1-2H3. The molecule has 1 fully saturated rings. The molecule has 1 saturated heterocycles. The summed E-state index contributed by atoms with van der Waals surface area (Å²) in [5.74, 6) is 0. The lowest BCUT2D eigenvalue weighted by molar-refractivity contribution is 0.249. The molecule has 1 aromatic carbocycles. The molecule has 1 heterocycles. The first kappa shape index (κ1) is 14.6. The van der Waals surface area contributed by atoms with Gasteiger partial charge in [0.1, 0.15) is 0 Å². The first-order valence-electron chi connectivity index (χ1n) is 7.02. The molecule has 2 rings (SSSR count). The molecule has 0 saturated carbocycles. The highest BCUT2D eigenvalue weighted by Crippen LogP contribution is 2.30. The lowest BCUT2D eigenvalue weighted by atomic mass is 10.0. The minimum Gasteiger partial charge on any atom is -0.371 e. The average Bonchev–Trinajstić information content (AvgIpc) is 2.41. The van der Waals surface area contributed by atoms with E-state index < -0.39 is 0 Å². The van der Waals surface area contributed by atoms with Gasteiger partial charge >= 0.3 is 0 Å². The molecule has 3 nitrogen and oxygen atoms in total. The number of nitrogens with zero attached hydrogens (tertiary/aromatic N) is 2. The Morgan fingerprint density at radius 1 is 1.32 bits per heavy atom. The number of hydrogen-bond donors (Lipinski definition) is 1. The van der Waals surface area contributed by atoms with E-state index in [2.05, 4.69) is 30.0 Å². The SMILES string of the molecule is CN(C)C1CCN(c2cccc(Cl)c2CCN)CC1. The third-order valence-corrected chi connectivity index (χ3v) is 4.38. The first-order chi connectivity index (χ1) is 9.13. The van der Waals surface area contributed by atoms with Crippen molar-refractivity contribution in [3.8, 4) is 0 Å². The van der Waals surface area contributed by atoms with Gasteiger partial charge in [-0.3, -0.25) is 0 Å². The van der Waals surface area contributed by atoms with E-state index in [9.17, 15) is 0 Å². The Kier molecular flexibility index (Phi) is 5.08. The fraction of sp³-hybridized carbons (Fsp3) is 0.600. The quantitative estimate of drug-likeness (QED) is 0.920. The summed E-state index contributed by atoms with van der Waals surface area (Å²) in [6.45, 7) is 2.84. The Morgan fingerprint density at radius 3 is 2.58 bits per heavy atom. The van der Waals surface area contributed by atoms with E-state index in [-0.39, 0.29) is 0 Å². The molecule has 1 aromatic rings. The Morgan fingerprint density at radius 2 is 2.00 bits per heavy atom. The van der Waals surface area contributed by atoms with Gasteiger partial charge in [-0.1, -0.05) is 17.7 Å². The molecule has 2 N–H and O–H groups in total. The molecule has 106 valence electrons. The summed E-state index contributed by atoms with van der Waals surface area (Å²) < 4.78 is 0. The van der Waals surface area contributed by atoms with Gasteiger partial charge in [-0.25, -0.2) is 0 Å². The third-order valence-electron chi connectivity index (χ3n) is 4.02. The van der Waals surface area contributed by atoms with Crippen molar-refractivity contribution < 1.29 is 0 Å². The molecule has 0 unspecified atom stereocenters. The number of rotatable bonds is 4. The Hall–Kier alpha value is -0.770. The summed E-state index contributed by atoms with van der Waals surface area (Å²) in [4.78, 5) is 4.78. The highest BCUT2D eigenvalue weighted by atomic mass is 35.5. The number of benzene rings is 1. The minimum atomic E-state index is 0.644. The summed E-state index contributed by atoms with van der Waals surface area (Å²) in [7, 11) is 4.33. The van der Waals surface area contributed by atoms with Crippen LogP contribution in [0.5, 0.6) is 0 Å². The highest BCUT2D eigenvalue weighted by Gasteiger charge is 2.22. The normalized spacial score (nSPS) is 17.2. The Balaban J connectivity index is 2.13. The molecule has 0 spiro atoms. The molecule has 0 amide bonds. The number of anilines is 1. The highest BCUT2D eigenvalue weighted by molar-refractivity contribution is 6.31. The molecule has 0 aliphatic carbocycles. The minimum absolute atomic E-state index is 0.644. The average molecular weight is 282 g/mol. The predicted molar refractivity (Wildman–Crippen MR) is 83.1 cm³/mol. The van der Waals surface area contributed by atoms with Crippen LogP contribution in [0.1, 0.15) is 18.4 Å². The van der Waals surface area contributed by atoms with Gasteiger partial charge in [0.2, 0.25) is 0 Å². The van der Waals surface area contributed by atoms with Gasteiger partial charge in [-0.15, -0.1) is 0 Å². The zero-order chi connectivity index (χ0) is 13.8. The molecule has 0 radical (unpaired) electrons. The van der Waals surface area contributed by atoms with Gasteiger partial charge in [0, 0.05) is 29.8 Å². The lowest BCUT2D eigenvalue weighted by Gasteiger charge is -2.37. The van der Waals surface area contributed by atoms with Gasteiger partial charge in [-0.2, -0.15) is 0 Å². The van der Waals surface area contributed by atoms with Crippen LogP contribution in [0.2, 0.25) is 5.02 Å². The summed E-state index contributed by atoms with van der Waals surface area (Å²) in [5.41, 5.74) is 8.18. The van der Waals surface area contributed by atoms with Crippen LogP contribution in [-0.4, -0.2) is 44.7 Å². The van der Waals surface area contributed by atoms with Crippen molar-refractivity contribution in [3.63, 3.8) is 0 Å². The van der Waals surface area contributed by atoms with Crippen molar-refractivity contribution in [1.29, 1.82) is 0 Å². The molecule has 1 aliphatic rings.